The minimum Gasteiger partial charge on any atom is -0.488 e. The number of nitrogens with zero attached hydrogens (tertiary/aromatic N) is 8. The zero-order valence-electron chi connectivity index (χ0n) is 55.0. The van der Waals surface area contributed by atoms with Gasteiger partial charge in [-0.3, -0.25) is 28.5 Å². The summed E-state index contributed by atoms with van der Waals surface area (Å²) in [4.78, 5) is 123. The molecule has 0 N–H and O–H groups in total. The normalized spacial score (nSPS) is 22.3. The molecule has 8 atom stereocenters. The van der Waals surface area contributed by atoms with Crippen LogP contribution in [0.4, 0.5) is 0 Å². The van der Waals surface area contributed by atoms with Crippen molar-refractivity contribution in [3.8, 4) is 11.5 Å². The summed E-state index contributed by atoms with van der Waals surface area (Å²) in [5.74, 6) is -6.33. The molecule has 0 aliphatic carbocycles. The number of ether oxygens (including phenoxy) is 6. The molecule has 1 fully saturated rings. The lowest BCUT2D eigenvalue weighted by Gasteiger charge is -2.35. The highest BCUT2D eigenvalue weighted by atomic mass is 16.6. The first-order valence-electron chi connectivity index (χ1n) is 30.7. The smallest absolute Gasteiger partial charge is 0.329 e. The largest absolute Gasteiger partial charge is 0.488 e. The first-order chi connectivity index (χ1) is 41.3. The lowest BCUT2D eigenvalue weighted by Crippen LogP contribution is -2.55. The zero-order valence-corrected chi connectivity index (χ0v) is 55.0. The van der Waals surface area contributed by atoms with E-state index in [-0.39, 0.29) is 74.4 Å². The van der Waals surface area contributed by atoms with Crippen LogP contribution in [0.25, 0.3) is 0 Å². The Balaban J connectivity index is 1.57. The van der Waals surface area contributed by atoms with Crippen molar-refractivity contribution in [1.82, 2.24) is 39.2 Å². The van der Waals surface area contributed by atoms with Crippen LogP contribution in [0.5, 0.6) is 11.5 Å². The molecule has 484 valence electrons. The summed E-state index contributed by atoms with van der Waals surface area (Å²) >= 11 is 0. The molecule has 2 aromatic carbocycles. The van der Waals surface area contributed by atoms with Gasteiger partial charge in [-0.1, -0.05) is 104 Å². The maximum absolute atomic E-state index is 15.1. The van der Waals surface area contributed by atoms with Gasteiger partial charge >= 0.3 is 23.9 Å². The monoisotopic (exact) mass is 1220 g/mol. The molecule has 1 saturated heterocycles. The summed E-state index contributed by atoms with van der Waals surface area (Å²) in [7, 11) is 5.56. The topological polar surface area (TPSA) is 241 Å². The first kappa shape index (κ1) is 71.0. The highest BCUT2D eigenvalue weighted by Gasteiger charge is 2.43. The number of carbonyl (C=O) groups is 8. The number of hydrogen-bond donors (Lipinski definition) is 0. The highest BCUT2D eigenvalue weighted by molar-refractivity contribution is 5.94. The Bertz CT molecular complexity index is 2760. The van der Waals surface area contributed by atoms with Gasteiger partial charge in [0.15, 0.2) is 35.9 Å². The Hall–Kier alpha value is -7.78. The number of carbonyl (C=O) groups excluding carboxylic acids is 8. The van der Waals surface area contributed by atoms with Gasteiger partial charge in [0.2, 0.25) is 0 Å². The molecule has 0 bridgehead atoms. The van der Waals surface area contributed by atoms with Crippen molar-refractivity contribution in [3.63, 3.8) is 0 Å². The fourth-order valence-corrected chi connectivity index (χ4v) is 10.4. The third-order valence-corrected chi connectivity index (χ3v) is 15.0. The first-order valence-corrected chi connectivity index (χ1v) is 30.7. The molecule has 0 spiro atoms. The van der Waals surface area contributed by atoms with E-state index in [1.54, 1.807) is 58.4 Å². The molecule has 0 radical (unpaired) electrons. The summed E-state index contributed by atoms with van der Waals surface area (Å²) in [6.07, 6.45) is 0.636. The van der Waals surface area contributed by atoms with E-state index in [4.69, 9.17) is 28.4 Å². The van der Waals surface area contributed by atoms with Gasteiger partial charge in [-0.15, -0.1) is 0 Å². The van der Waals surface area contributed by atoms with Crippen molar-refractivity contribution in [2.75, 3.05) is 28.2 Å². The van der Waals surface area contributed by atoms with Crippen LogP contribution in [0.2, 0.25) is 0 Å². The summed E-state index contributed by atoms with van der Waals surface area (Å²) < 4.78 is 39.3. The van der Waals surface area contributed by atoms with Crippen molar-refractivity contribution >= 4 is 47.5 Å². The number of rotatable bonds is 20. The van der Waals surface area contributed by atoms with Crippen molar-refractivity contribution in [3.05, 3.63) is 95.6 Å². The second-order valence-electron chi connectivity index (χ2n) is 25.5. The lowest BCUT2D eigenvalue weighted by atomic mass is 9.99. The summed E-state index contributed by atoms with van der Waals surface area (Å²) in [5, 5.41) is 8.82. The van der Waals surface area contributed by atoms with Gasteiger partial charge < -0.3 is 48.0 Å². The second-order valence-corrected chi connectivity index (χ2v) is 25.5. The predicted octanol–water partition coefficient (Wildman–Crippen LogP) is 7.73. The van der Waals surface area contributed by atoms with Crippen molar-refractivity contribution in [2.45, 2.75) is 209 Å². The van der Waals surface area contributed by atoms with E-state index < -0.39 is 96.1 Å². The molecule has 0 unspecified atom stereocenters. The minimum absolute atomic E-state index is 0.0345. The van der Waals surface area contributed by atoms with E-state index in [1.807, 2.05) is 107 Å². The molecule has 4 amide bonds. The number of aromatic nitrogens is 4. The quantitative estimate of drug-likeness (QED) is 0.0607. The van der Waals surface area contributed by atoms with Gasteiger partial charge in [-0.2, -0.15) is 10.2 Å². The number of esters is 4. The second kappa shape index (κ2) is 32.4. The molecule has 22 nitrogen and oxygen atoms in total. The molecule has 3 heterocycles. The van der Waals surface area contributed by atoms with Gasteiger partial charge in [-0.25, -0.2) is 19.2 Å². The Morgan fingerprint density at radius 3 is 0.932 bits per heavy atom. The highest BCUT2D eigenvalue weighted by Crippen LogP contribution is 2.25. The summed E-state index contributed by atoms with van der Waals surface area (Å²) in [5.41, 5.74) is 2.94. The number of benzene rings is 2. The van der Waals surface area contributed by atoms with E-state index in [0.717, 1.165) is 30.7 Å². The van der Waals surface area contributed by atoms with E-state index >= 15 is 9.59 Å². The predicted molar refractivity (Wildman–Crippen MR) is 329 cm³/mol. The third-order valence-electron chi connectivity index (χ3n) is 15.0. The maximum atomic E-state index is 15.1. The lowest BCUT2D eigenvalue weighted by molar-refractivity contribution is -0.176. The molecule has 1 aliphatic heterocycles. The van der Waals surface area contributed by atoms with Crippen LogP contribution in [-0.2, 0) is 83.2 Å². The van der Waals surface area contributed by atoms with Gasteiger partial charge in [0.1, 0.15) is 24.2 Å². The molecule has 1 aliphatic rings. The Labute approximate surface area is 519 Å². The Morgan fingerprint density at radius 1 is 0.398 bits per heavy atom. The van der Waals surface area contributed by atoms with Gasteiger partial charge in [0, 0.05) is 41.0 Å². The summed E-state index contributed by atoms with van der Waals surface area (Å²) in [6, 6.07) is 9.38. The molecule has 5 rings (SSSR count). The minimum atomic E-state index is -1.56. The fraction of sp³-hybridized carbons (Fsp3) is 0.606. The van der Waals surface area contributed by atoms with Gasteiger partial charge in [0.25, 0.3) is 23.6 Å². The van der Waals surface area contributed by atoms with E-state index in [9.17, 15) is 28.8 Å². The van der Waals surface area contributed by atoms with E-state index in [2.05, 4.69) is 10.2 Å². The standard InChI is InChI=1S/C66H96N8O14/c1-39(2)27-53-63(79)85-45(13)59(75)69(15)56(30-42(7)8)66(82)88-58(32-48-21-25-50(26-22-48)36-74-38-52(34-68-74)84-44(11)12)62(78)72(18)54(28-40(3)4)64(80)86-46(14)60(76)70(16)55(29-41(5)6)65(81)87-57(61(77)71(53)17)31-47-19-23-49(24-20-47)35-73-37-51(33-67-73)83-43(9)10/h19-26,33-34,37-46,53-58H,27-32,35-36H2,1-18H3/t45-,46-,53+,54+,55+,56+,57-,58-/m1/s1. The van der Waals surface area contributed by atoms with Crippen molar-refractivity contribution in [1.29, 1.82) is 0 Å². The van der Waals surface area contributed by atoms with Crippen LogP contribution >= 0.6 is 0 Å². The van der Waals surface area contributed by atoms with Crippen LogP contribution < -0.4 is 9.47 Å². The van der Waals surface area contributed by atoms with Gasteiger partial charge in [-0.05, 0) is 113 Å². The molecule has 2 aromatic heterocycles. The molecule has 4 aromatic rings. The zero-order chi connectivity index (χ0) is 65.4. The van der Waals surface area contributed by atoms with Crippen LogP contribution in [0, 0.1) is 23.7 Å². The molecule has 0 saturated carbocycles. The number of amides is 4. The summed E-state index contributed by atoms with van der Waals surface area (Å²) in [6.45, 7) is 26.0. The number of hydrogen-bond acceptors (Lipinski definition) is 16. The van der Waals surface area contributed by atoms with Crippen LogP contribution in [0.1, 0.15) is 145 Å². The molecule has 22 heteroatoms. The van der Waals surface area contributed by atoms with Crippen LogP contribution in [0.3, 0.4) is 0 Å². The fourth-order valence-electron chi connectivity index (χ4n) is 10.4. The molecule has 88 heavy (non-hydrogen) atoms. The van der Waals surface area contributed by atoms with Crippen LogP contribution in [0.15, 0.2) is 73.3 Å². The van der Waals surface area contributed by atoms with Crippen molar-refractivity contribution < 1.29 is 66.8 Å². The third kappa shape index (κ3) is 20.7. The SMILES string of the molecule is CC(C)C[C@H]1C(=O)O[C@H](Cc2ccc(Cn3cc(OC(C)C)cn3)cc2)C(=O)N(C)[C@@H](CC(C)C)C(=O)O[C@H](C)C(=O)N(C)[C@@H](CC(C)C)C(=O)O[C@H](Cc2ccc(Cn3cc(OC(C)C)cn3)cc2)C(=O)N(C)[C@@H](CC(C)C)C(=O)O[C@H](C)C(=O)N1C. The van der Waals surface area contributed by atoms with Crippen molar-refractivity contribution in [2.24, 2.45) is 23.7 Å². The average Bonchev–Trinajstić information content (AvgIpc) is 3.23. The average molecular weight is 1230 g/mol. The molecular formula is C66H96N8O14. The van der Waals surface area contributed by atoms with E-state index in [1.165, 1.54) is 42.0 Å². The maximum Gasteiger partial charge on any atom is 0.329 e. The Kier molecular flexibility index (Phi) is 26.2. The number of cyclic esters (lactones) is 4. The molecular weight excluding hydrogens is 1130 g/mol. The van der Waals surface area contributed by atoms with Gasteiger partial charge in [0.05, 0.1) is 50.1 Å². The van der Waals surface area contributed by atoms with E-state index in [0.29, 0.717) is 35.7 Å². The number of likely N-dealkylation sites (N-methyl/N-ethyl adjacent to an activating group) is 4. The van der Waals surface area contributed by atoms with Crippen LogP contribution in [-0.4, -0.2) is 176 Å². The Morgan fingerprint density at radius 2 is 0.659 bits per heavy atom.